The number of nitro groups is 1. The van der Waals surface area contributed by atoms with Crippen molar-refractivity contribution in [2.24, 2.45) is 0 Å². The standard InChI is InChI=1S/C18H16FN3O7S/c19-15-7-6-14(10-16(15)22(25)26)21-17(23)12-29-18(24)11-20-30(27,28)9-8-13-4-2-1-3-5-13/h1-10,20H,11-12H2,(H,21,23). The lowest BCUT2D eigenvalue weighted by atomic mass is 10.2. The molecule has 30 heavy (non-hydrogen) atoms. The Hall–Kier alpha value is -3.64. The fourth-order valence-corrected chi connectivity index (χ4v) is 2.82. The molecule has 0 fully saturated rings. The first kappa shape index (κ1) is 22.6. The second kappa shape index (κ2) is 10.2. The van der Waals surface area contributed by atoms with E-state index in [4.69, 9.17) is 0 Å². The predicted octanol–water partition coefficient (Wildman–Crippen LogP) is 1.81. The molecule has 2 N–H and O–H groups in total. The number of anilines is 1. The number of halogens is 1. The summed E-state index contributed by atoms with van der Waals surface area (Å²) in [6.07, 6.45) is 1.34. The maximum absolute atomic E-state index is 13.3. The van der Waals surface area contributed by atoms with E-state index in [1.807, 2.05) is 4.72 Å². The molecule has 12 heteroatoms. The Morgan fingerprint density at radius 1 is 1.17 bits per heavy atom. The van der Waals surface area contributed by atoms with Gasteiger partial charge >= 0.3 is 11.7 Å². The molecule has 10 nitrogen and oxygen atoms in total. The van der Waals surface area contributed by atoms with Crippen molar-refractivity contribution in [1.82, 2.24) is 4.72 Å². The zero-order valence-electron chi connectivity index (χ0n) is 15.3. The van der Waals surface area contributed by atoms with Gasteiger partial charge in [0, 0.05) is 17.2 Å². The summed E-state index contributed by atoms with van der Waals surface area (Å²) in [4.78, 5) is 33.1. The number of amides is 1. The van der Waals surface area contributed by atoms with Gasteiger partial charge < -0.3 is 10.1 Å². The normalized spacial score (nSPS) is 11.2. The first-order valence-electron chi connectivity index (χ1n) is 8.28. The minimum atomic E-state index is -3.91. The minimum absolute atomic E-state index is 0.0732. The number of esters is 1. The van der Waals surface area contributed by atoms with Crippen molar-refractivity contribution in [2.45, 2.75) is 0 Å². The van der Waals surface area contributed by atoms with Gasteiger partial charge in [-0.05, 0) is 23.8 Å². The van der Waals surface area contributed by atoms with Gasteiger partial charge in [0.15, 0.2) is 6.61 Å². The van der Waals surface area contributed by atoms with Crippen molar-refractivity contribution in [3.05, 3.63) is 75.4 Å². The van der Waals surface area contributed by atoms with E-state index in [1.54, 1.807) is 30.3 Å². The van der Waals surface area contributed by atoms with Crippen molar-refractivity contribution in [3.63, 3.8) is 0 Å². The van der Waals surface area contributed by atoms with Crippen LogP contribution in [0.4, 0.5) is 15.8 Å². The van der Waals surface area contributed by atoms with E-state index in [1.165, 1.54) is 6.08 Å². The molecular weight excluding hydrogens is 421 g/mol. The third-order valence-electron chi connectivity index (χ3n) is 3.45. The fourth-order valence-electron chi connectivity index (χ4n) is 2.06. The summed E-state index contributed by atoms with van der Waals surface area (Å²) in [7, 11) is -3.91. The zero-order chi connectivity index (χ0) is 22.1. The summed E-state index contributed by atoms with van der Waals surface area (Å²) in [6, 6.07) is 11.3. The lowest BCUT2D eigenvalue weighted by molar-refractivity contribution is -0.387. The Labute approximate surface area is 170 Å². The van der Waals surface area contributed by atoms with Crippen molar-refractivity contribution in [1.29, 1.82) is 0 Å². The number of rotatable bonds is 9. The number of hydrogen-bond acceptors (Lipinski definition) is 7. The molecule has 2 rings (SSSR count). The molecule has 0 atom stereocenters. The average Bonchev–Trinajstić information content (AvgIpc) is 2.71. The Morgan fingerprint density at radius 3 is 2.53 bits per heavy atom. The van der Waals surface area contributed by atoms with Crippen LogP contribution in [0, 0.1) is 15.9 Å². The first-order chi connectivity index (χ1) is 14.2. The van der Waals surface area contributed by atoms with Gasteiger partial charge in [0.05, 0.1) is 4.92 Å². The Balaban J connectivity index is 1.80. The zero-order valence-corrected chi connectivity index (χ0v) is 16.1. The third-order valence-corrected chi connectivity index (χ3v) is 4.49. The van der Waals surface area contributed by atoms with Crippen molar-refractivity contribution >= 4 is 39.4 Å². The van der Waals surface area contributed by atoms with Crippen LogP contribution in [0.15, 0.2) is 53.9 Å². The molecule has 2 aromatic rings. The van der Waals surface area contributed by atoms with E-state index >= 15 is 0 Å². The summed E-state index contributed by atoms with van der Waals surface area (Å²) in [5.74, 6) is -2.94. The SMILES string of the molecule is O=C(COC(=O)CNS(=O)(=O)C=Cc1ccccc1)Nc1ccc(F)c([N+](=O)[O-])c1. The number of ether oxygens (including phenoxy) is 1. The summed E-state index contributed by atoms with van der Waals surface area (Å²) in [5, 5.41) is 13.7. The van der Waals surface area contributed by atoms with Crippen LogP contribution in [0.1, 0.15) is 5.56 Å². The molecule has 1 amide bonds. The van der Waals surface area contributed by atoms with Crippen molar-refractivity contribution in [2.75, 3.05) is 18.5 Å². The van der Waals surface area contributed by atoms with Crippen LogP contribution in [0.2, 0.25) is 0 Å². The maximum Gasteiger partial charge on any atom is 0.321 e. The van der Waals surface area contributed by atoms with Gasteiger partial charge in [-0.1, -0.05) is 30.3 Å². The van der Waals surface area contributed by atoms with Crippen molar-refractivity contribution < 1.29 is 32.1 Å². The van der Waals surface area contributed by atoms with Gasteiger partial charge in [0.25, 0.3) is 5.91 Å². The average molecular weight is 437 g/mol. The lowest BCUT2D eigenvalue weighted by Gasteiger charge is -2.07. The number of benzene rings is 2. The molecule has 158 valence electrons. The number of hydrogen-bond donors (Lipinski definition) is 2. The van der Waals surface area contributed by atoms with E-state index in [0.29, 0.717) is 5.56 Å². The van der Waals surface area contributed by atoms with Crippen LogP contribution in [-0.4, -0.2) is 38.4 Å². The largest absolute Gasteiger partial charge is 0.455 e. The molecule has 0 heterocycles. The molecule has 0 unspecified atom stereocenters. The monoisotopic (exact) mass is 437 g/mol. The van der Waals surface area contributed by atoms with E-state index in [2.05, 4.69) is 10.1 Å². The number of sulfonamides is 1. The molecule has 0 bridgehead atoms. The highest BCUT2D eigenvalue weighted by Crippen LogP contribution is 2.21. The summed E-state index contributed by atoms with van der Waals surface area (Å²) in [5.41, 5.74) is -0.262. The second-order valence-corrected chi connectivity index (χ2v) is 7.36. The molecule has 0 spiro atoms. The van der Waals surface area contributed by atoms with Gasteiger partial charge in [0.1, 0.15) is 6.54 Å². The van der Waals surface area contributed by atoms with Gasteiger partial charge in [0.2, 0.25) is 15.8 Å². The van der Waals surface area contributed by atoms with E-state index in [9.17, 15) is 32.5 Å². The van der Waals surface area contributed by atoms with Gasteiger partial charge in [-0.15, -0.1) is 0 Å². The molecule has 0 radical (unpaired) electrons. The van der Waals surface area contributed by atoms with Gasteiger partial charge in [-0.25, -0.2) is 13.1 Å². The van der Waals surface area contributed by atoms with Crippen LogP contribution in [0.5, 0.6) is 0 Å². The van der Waals surface area contributed by atoms with E-state index in [0.717, 1.165) is 23.6 Å². The Kier molecular flexibility index (Phi) is 7.72. The van der Waals surface area contributed by atoms with Crippen LogP contribution in [0.3, 0.4) is 0 Å². The van der Waals surface area contributed by atoms with Crippen molar-refractivity contribution in [3.8, 4) is 0 Å². The number of carbonyl (C=O) groups excluding carboxylic acids is 2. The molecule has 0 aliphatic heterocycles. The second-order valence-electron chi connectivity index (χ2n) is 5.71. The summed E-state index contributed by atoms with van der Waals surface area (Å²) < 4.78 is 43.5. The smallest absolute Gasteiger partial charge is 0.321 e. The number of nitrogens with one attached hydrogen (secondary N) is 2. The molecule has 0 aliphatic rings. The molecule has 0 aromatic heterocycles. The summed E-state index contributed by atoms with van der Waals surface area (Å²) >= 11 is 0. The summed E-state index contributed by atoms with van der Waals surface area (Å²) in [6.45, 7) is -1.48. The highest BCUT2D eigenvalue weighted by molar-refractivity contribution is 7.92. The van der Waals surface area contributed by atoms with Crippen LogP contribution < -0.4 is 10.0 Å². The van der Waals surface area contributed by atoms with Crippen LogP contribution in [0.25, 0.3) is 6.08 Å². The van der Waals surface area contributed by atoms with Gasteiger partial charge in [-0.3, -0.25) is 19.7 Å². The third kappa shape index (κ3) is 7.41. The lowest BCUT2D eigenvalue weighted by Crippen LogP contribution is -2.31. The first-order valence-corrected chi connectivity index (χ1v) is 9.83. The molecule has 0 saturated carbocycles. The Bertz CT molecular complexity index is 1070. The number of carbonyl (C=O) groups is 2. The molecular formula is C18H16FN3O7S. The number of nitrogens with zero attached hydrogens (tertiary/aromatic N) is 1. The molecule has 0 saturated heterocycles. The molecule has 2 aromatic carbocycles. The molecule has 0 aliphatic carbocycles. The highest BCUT2D eigenvalue weighted by atomic mass is 32.2. The van der Waals surface area contributed by atoms with Crippen LogP contribution >= 0.6 is 0 Å². The van der Waals surface area contributed by atoms with Gasteiger partial charge in [-0.2, -0.15) is 4.39 Å². The highest BCUT2D eigenvalue weighted by Gasteiger charge is 2.16. The van der Waals surface area contributed by atoms with E-state index < -0.39 is 51.5 Å². The topological polar surface area (TPSA) is 145 Å². The quantitative estimate of drug-likeness (QED) is 0.346. The fraction of sp³-hybridized carbons (Fsp3) is 0.111. The van der Waals surface area contributed by atoms with Crippen LogP contribution in [-0.2, 0) is 24.3 Å². The minimum Gasteiger partial charge on any atom is -0.455 e. The Morgan fingerprint density at radius 2 is 1.87 bits per heavy atom. The van der Waals surface area contributed by atoms with E-state index in [-0.39, 0.29) is 5.69 Å². The predicted molar refractivity (Wildman–Crippen MR) is 105 cm³/mol. The maximum atomic E-state index is 13.3. The number of nitro benzene ring substituents is 1.